The molecule has 2 heterocycles. The molecule has 1 aliphatic heterocycles. The van der Waals surface area contributed by atoms with Crippen LogP contribution in [0.3, 0.4) is 0 Å². The lowest BCUT2D eigenvalue weighted by Gasteiger charge is -2.04. The zero-order valence-corrected chi connectivity index (χ0v) is 9.34. The highest BCUT2D eigenvalue weighted by molar-refractivity contribution is 9.10. The number of aromatic nitrogens is 2. The Morgan fingerprint density at radius 3 is 2.85 bits per heavy atom. The Bertz CT molecular complexity index is 274. The average Bonchev–Trinajstić information content (AvgIpc) is 2.62. The van der Waals surface area contributed by atoms with Crippen molar-refractivity contribution in [2.75, 3.05) is 13.2 Å². The van der Waals surface area contributed by atoms with Crippen molar-refractivity contribution in [3.63, 3.8) is 0 Å². The van der Waals surface area contributed by atoms with Gasteiger partial charge in [0.25, 0.3) is 0 Å². The maximum Gasteiger partial charge on any atom is 0.187 e. The molecule has 0 aliphatic carbocycles. The van der Waals surface area contributed by atoms with Crippen LogP contribution in [-0.4, -0.2) is 28.4 Å². The van der Waals surface area contributed by atoms with Gasteiger partial charge in [0.1, 0.15) is 0 Å². The molecule has 0 bridgehead atoms. The predicted octanol–water partition coefficient (Wildman–Crippen LogP) is 2.12. The Morgan fingerprint density at radius 1 is 1.46 bits per heavy atom. The van der Waals surface area contributed by atoms with E-state index in [2.05, 4.69) is 25.9 Å². The van der Waals surface area contributed by atoms with Gasteiger partial charge in [-0.2, -0.15) is 0 Å². The third-order valence-corrected chi connectivity index (χ3v) is 3.29. The Kier molecular flexibility index (Phi) is 3.18. The second-order valence-electron chi connectivity index (χ2n) is 2.79. The molecule has 0 amide bonds. The molecular formula is C8H9BrN2OS. The van der Waals surface area contributed by atoms with Crippen molar-refractivity contribution >= 4 is 27.7 Å². The number of ether oxygens (including phenoxy) is 1. The van der Waals surface area contributed by atoms with Gasteiger partial charge >= 0.3 is 0 Å². The van der Waals surface area contributed by atoms with Crippen LogP contribution < -0.4 is 0 Å². The van der Waals surface area contributed by atoms with Crippen molar-refractivity contribution in [2.24, 2.45) is 0 Å². The van der Waals surface area contributed by atoms with E-state index < -0.39 is 0 Å². The molecule has 3 nitrogen and oxygen atoms in total. The van der Waals surface area contributed by atoms with Crippen LogP contribution in [0.4, 0.5) is 0 Å². The molecule has 0 saturated carbocycles. The largest absolute Gasteiger partial charge is 0.380 e. The van der Waals surface area contributed by atoms with Gasteiger partial charge < -0.3 is 4.74 Å². The third kappa shape index (κ3) is 2.65. The number of thioether (sulfide) groups is 1. The van der Waals surface area contributed by atoms with E-state index in [-0.39, 0.29) is 0 Å². The van der Waals surface area contributed by atoms with E-state index in [1.165, 1.54) is 0 Å². The van der Waals surface area contributed by atoms with Crippen LogP contribution in [0, 0.1) is 0 Å². The lowest BCUT2D eigenvalue weighted by atomic mass is 10.4. The third-order valence-electron chi connectivity index (χ3n) is 1.76. The highest BCUT2D eigenvalue weighted by Crippen LogP contribution is 2.25. The van der Waals surface area contributed by atoms with Gasteiger partial charge in [0.2, 0.25) is 0 Å². The Hall–Kier alpha value is -0.130. The number of halogens is 1. The zero-order chi connectivity index (χ0) is 9.10. The van der Waals surface area contributed by atoms with Gasteiger partial charge in [0.15, 0.2) is 5.16 Å². The molecular weight excluding hydrogens is 252 g/mol. The molecule has 0 aromatic carbocycles. The Balaban J connectivity index is 1.97. The summed E-state index contributed by atoms with van der Waals surface area (Å²) in [6, 6.07) is 0. The van der Waals surface area contributed by atoms with Crippen LogP contribution in [0.1, 0.15) is 6.42 Å². The van der Waals surface area contributed by atoms with E-state index in [1.807, 2.05) is 0 Å². The molecule has 1 aromatic heterocycles. The van der Waals surface area contributed by atoms with Crippen LogP contribution in [-0.2, 0) is 4.74 Å². The Labute approximate surface area is 89.4 Å². The first kappa shape index (κ1) is 9.43. The van der Waals surface area contributed by atoms with E-state index in [4.69, 9.17) is 4.74 Å². The van der Waals surface area contributed by atoms with Crippen LogP contribution >= 0.6 is 27.7 Å². The summed E-state index contributed by atoms with van der Waals surface area (Å²) in [6.07, 6.45) is 4.64. The van der Waals surface area contributed by atoms with E-state index in [1.54, 1.807) is 24.2 Å². The molecule has 13 heavy (non-hydrogen) atoms. The van der Waals surface area contributed by atoms with E-state index in [9.17, 15) is 0 Å². The first-order chi connectivity index (χ1) is 6.34. The maximum absolute atomic E-state index is 5.27. The lowest BCUT2D eigenvalue weighted by molar-refractivity contribution is 0.199. The van der Waals surface area contributed by atoms with Gasteiger partial charge in [-0.05, 0) is 22.4 Å². The summed E-state index contributed by atoms with van der Waals surface area (Å²) in [5.74, 6) is 0. The summed E-state index contributed by atoms with van der Waals surface area (Å²) in [5, 5.41) is 1.36. The first-order valence-electron chi connectivity index (χ1n) is 4.06. The summed E-state index contributed by atoms with van der Waals surface area (Å²) in [6.45, 7) is 1.69. The SMILES string of the molecule is Brc1cnc(SC2CCOC2)nc1. The fraction of sp³-hybridized carbons (Fsp3) is 0.500. The van der Waals surface area contributed by atoms with Gasteiger partial charge in [0, 0.05) is 24.3 Å². The molecule has 0 N–H and O–H groups in total. The summed E-state index contributed by atoms with van der Waals surface area (Å²) in [5.41, 5.74) is 0. The molecule has 70 valence electrons. The van der Waals surface area contributed by atoms with Crippen molar-refractivity contribution in [1.82, 2.24) is 9.97 Å². The summed E-state index contributed by atoms with van der Waals surface area (Å²) in [4.78, 5) is 8.38. The molecule has 1 aromatic rings. The summed E-state index contributed by atoms with van der Waals surface area (Å²) < 4.78 is 6.18. The summed E-state index contributed by atoms with van der Waals surface area (Å²) in [7, 11) is 0. The number of nitrogens with zero attached hydrogens (tertiary/aromatic N) is 2. The van der Waals surface area contributed by atoms with Crippen LogP contribution in [0.5, 0.6) is 0 Å². The number of hydrogen-bond acceptors (Lipinski definition) is 4. The Morgan fingerprint density at radius 2 is 2.23 bits per heavy atom. The van der Waals surface area contributed by atoms with E-state index >= 15 is 0 Å². The smallest absolute Gasteiger partial charge is 0.187 e. The second-order valence-corrected chi connectivity index (χ2v) is 4.97. The van der Waals surface area contributed by atoms with Gasteiger partial charge in [0.05, 0.1) is 11.1 Å². The minimum atomic E-state index is 0.529. The molecule has 0 spiro atoms. The molecule has 1 unspecified atom stereocenters. The quantitative estimate of drug-likeness (QED) is 0.764. The van der Waals surface area contributed by atoms with Crippen LogP contribution in [0.25, 0.3) is 0 Å². The van der Waals surface area contributed by atoms with Crippen molar-refractivity contribution in [2.45, 2.75) is 16.8 Å². The predicted molar refractivity (Wildman–Crippen MR) is 54.8 cm³/mol. The van der Waals surface area contributed by atoms with Gasteiger partial charge in [-0.15, -0.1) is 0 Å². The fourth-order valence-corrected chi connectivity index (χ4v) is 2.22. The van der Waals surface area contributed by atoms with Gasteiger partial charge in [-0.25, -0.2) is 9.97 Å². The lowest BCUT2D eigenvalue weighted by Crippen LogP contribution is -2.01. The molecule has 1 saturated heterocycles. The van der Waals surface area contributed by atoms with Crippen molar-refractivity contribution in [3.8, 4) is 0 Å². The maximum atomic E-state index is 5.27. The normalized spacial score (nSPS) is 22.1. The minimum Gasteiger partial charge on any atom is -0.380 e. The number of rotatable bonds is 2. The fourth-order valence-electron chi connectivity index (χ4n) is 1.12. The van der Waals surface area contributed by atoms with E-state index in [0.717, 1.165) is 29.3 Å². The first-order valence-corrected chi connectivity index (χ1v) is 5.74. The van der Waals surface area contributed by atoms with Gasteiger partial charge in [-0.3, -0.25) is 0 Å². The highest BCUT2D eigenvalue weighted by atomic mass is 79.9. The van der Waals surface area contributed by atoms with Gasteiger partial charge in [-0.1, -0.05) is 11.8 Å². The van der Waals surface area contributed by atoms with E-state index in [0.29, 0.717) is 5.25 Å². The van der Waals surface area contributed by atoms with Crippen molar-refractivity contribution in [3.05, 3.63) is 16.9 Å². The topological polar surface area (TPSA) is 35.0 Å². The van der Waals surface area contributed by atoms with Crippen molar-refractivity contribution < 1.29 is 4.74 Å². The molecule has 1 aliphatic rings. The molecule has 0 radical (unpaired) electrons. The molecule has 2 rings (SSSR count). The second kappa shape index (κ2) is 4.39. The molecule has 1 fully saturated rings. The molecule has 1 atom stereocenters. The summed E-state index contributed by atoms with van der Waals surface area (Å²) >= 11 is 4.99. The van der Waals surface area contributed by atoms with Crippen molar-refractivity contribution in [1.29, 1.82) is 0 Å². The van der Waals surface area contributed by atoms with Crippen LogP contribution in [0.2, 0.25) is 0 Å². The standard InChI is InChI=1S/C8H9BrN2OS/c9-6-3-10-8(11-4-6)13-7-1-2-12-5-7/h3-4,7H,1-2,5H2. The zero-order valence-electron chi connectivity index (χ0n) is 6.94. The minimum absolute atomic E-state index is 0.529. The monoisotopic (exact) mass is 260 g/mol. The average molecular weight is 261 g/mol. The highest BCUT2D eigenvalue weighted by Gasteiger charge is 2.17. The number of hydrogen-bond donors (Lipinski definition) is 0. The van der Waals surface area contributed by atoms with Crippen LogP contribution in [0.15, 0.2) is 22.0 Å². The molecule has 5 heteroatoms.